The van der Waals surface area contributed by atoms with Crippen LogP contribution in [0.5, 0.6) is 0 Å². The summed E-state index contributed by atoms with van der Waals surface area (Å²) in [6, 6.07) is 0. The molecule has 1 radical (unpaired) electrons. The van der Waals surface area contributed by atoms with Crippen LogP contribution in [0.15, 0.2) is 23.5 Å². The maximum Gasteiger partial charge on any atom is 0.194 e. The molecule has 0 atom stereocenters. The summed E-state index contributed by atoms with van der Waals surface area (Å²) in [5, 5.41) is 6.31. The quantitative estimate of drug-likeness (QED) is 0.131. The average Bonchev–Trinajstić information content (AvgIpc) is 3.15. The first-order chi connectivity index (χ1) is 19.6. The van der Waals surface area contributed by atoms with Gasteiger partial charge in [-0.1, -0.05) is 0 Å². The van der Waals surface area contributed by atoms with E-state index in [1.807, 2.05) is 27.7 Å². The van der Waals surface area contributed by atoms with Crippen LogP contribution in [0.1, 0.15) is 74.7 Å². The molecule has 0 aliphatic carbocycles. The van der Waals surface area contributed by atoms with Crippen molar-refractivity contribution in [3.63, 3.8) is 0 Å². The standard InChI is InChI=1S/C20H32N2O4.C12H27O3P.ClH.Tc/c1-17(2)13(15(23)19(5,6)25-17)11-21-9-10-22-12-14-16(24)20(7,8)26-18(14,3)4;1-13-7-4-10-16(11-5-8-14-2)12-6-9-15-3;;/h11-12,21-22H,9-10H2,1-8H3;4-12H2,1-3H3;1H;/p-1/i;;;1+1. The van der Waals surface area contributed by atoms with Gasteiger partial charge in [-0.2, -0.15) is 0 Å². The van der Waals surface area contributed by atoms with E-state index in [0.717, 1.165) is 19.8 Å². The van der Waals surface area contributed by atoms with E-state index >= 15 is 0 Å². The first-order valence-corrected chi connectivity index (χ1v) is 17.0. The van der Waals surface area contributed by atoms with Gasteiger partial charge in [0.15, 0.2) is 11.6 Å². The molecule has 259 valence electrons. The van der Waals surface area contributed by atoms with Gasteiger partial charge in [0, 0.05) is 97.9 Å². The summed E-state index contributed by atoms with van der Waals surface area (Å²) in [5.41, 5.74) is -1.51. The Morgan fingerprint density at radius 1 is 0.614 bits per heavy atom. The number of Topliss-reactive ketones (excluding diaryl/α,β-unsaturated/α-hetero) is 2. The number of hydrogen-bond acceptors (Lipinski definition) is 9. The molecule has 0 aromatic rings. The van der Waals surface area contributed by atoms with Gasteiger partial charge in [-0.05, 0) is 93.1 Å². The number of rotatable bonds is 17. The smallest absolute Gasteiger partial charge is 0.194 e. The van der Waals surface area contributed by atoms with Crippen molar-refractivity contribution < 1.29 is 65.8 Å². The number of hydrogen-bond donors (Lipinski definition) is 2. The van der Waals surface area contributed by atoms with Crippen LogP contribution < -0.4 is 23.0 Å². The van der Waals surface area contributed by atoms with Gasteiger partial charge in [-0.25, -0.2) is 0 Å². The second kappa shape index (κ2) is 21.5. The largest absolute Gasteiger partial charge is 1.00 e. The van der Waals surface area contributed by atoms with Crippen LogP contribution in [-0.2, 0) is 53.4 Å². The molecule has 2 fully saturated rings. The number of methoxy groups -OCH3 is 3. The van der Waals surface area contributed by atoms with Gasteiger partial charge in [0.05, 0.1) is 11.2 Å². The Labute approximate surface area is 288 Å². The zero-order valence-corrected chi connectivity index (χ0v) is 32.5. The summed E-state index contributed by atoms with van der Waals surface area (Å²) in [6.07, 6.45) is 11.1. The van der Waals surface area contributed by atoms with E-state index in [2.05, 4.69) is 10.6 Å². The maximum atomic E-state index is 12.4. The molecule has 12 heteroatoms. The molecule has 0 saturated carbocycles. The summed E-state index contributed by atoms with van der Waals surface area (Å²) < 4.78 is 27.0. The van der Waals surface area contributed by atoms with E-state index < -0.39 is 22.4 Å². The number of ether oxygens (including phenoxy) is 5. The van der Waals surface area contributed by atoms with Crippen molar-refractivity contribution in [2.24, 2.45) is 0 Å². The van der Waals surface area contributed by atoms with E-state index in [-0.39, 0.29) is 52.0 Å². The summed E-state index contributed by atoms with van der Waals surface area (Å²) in [5.74, 6) is 0.00511. The van der Waals surface area contributed by atoms with E-state index in [1.165, 1.54) is 37.7 Å². The number of nitrogens with one attached hydrogen (secondary N) is 2. The van der Waals surface area contributed by atoms with Gasteiger partial charge >= 0.3 is 0 Å². The second-order valence-corrected chi connectivity index (χ2v) is 15.5. The molecular weight excluding hydrogens is 690 g/mol. The number of ketones is 2. The predicted molar refractivity (Wildman–Crippen MR) is 172 cm³/mol. The number of carbonyl (C=O) groups excluding carboxylic acids is 2. The fraction of sp³-hybridized carbons (Fsp3) is 0.812. The van der Waals surface area contributed by atoms with Crippen LogP contribution in [0.3, 0.4) is 0 Å². The third kappa shape index (κ3) is 15.0. The molecule has 2 rings (SSSR count). The van der Waals surface area contributed by atoms with Gasteiger partial charge in [-0.3, -0.25) is 9.59 Å². The van der Waals surface area contributed by atoms with Gasteiger partial charge in [0.1, 0.15) is 11.2 Å². The Morgan fingerprint density at radius 2 is 0.909 bits per heavy atom. The zero-order valence-electron chi connectivity index (χ0n) is 29.0. The van der Waals surface area contributed by atoms with Crippen LogP contribution in [-0.4, -0.2) is 107 Å². The van der Waals surface area contributed by atoms with E-state index in [9.17, 15) is 9.59 Å². The molecule has 44 heavy (non-hydrogen) atoms. The van der Waals surface area contributed by atoms with Crippen molar-refractivity contribution in [3.8, 4) is 0 Å². The van der Waals surface area contributed by atoms with Crippen LogP contribution in [0, 0.1) is 0 Å². The molecular formula is C32H59ClN2O7PTc-. The third-order valence-electron chi connectivity index (χ3n) is 7.28. The van der Waals surface area contributed by atoms with E-state index in [1.54, 1.807) is 61.4 Å². The predicted octanol–water partition coefficient (Wildman–Crippen LogP) is 1.83. The average molecular weight is 749 g/mol. The van der Waals surface area contributed by atoms with Crippen LogP contribution in [0.25, 0.3) is 0 Å². The van der Waals surface area contributed by atoms with Gasteiger partial charge in [0.25, 0.3) is 0 Å². The Hall–Kier alpha value is -0.411. The normalized spacial score (nSPS) is 21.1. The molecule has 0 bridgehead atoms. The minimum absolute atomic E-state index is 0. The molecule has 2 saturated heterocycles. The fourth-order valence-corrected chi connectivity index (χ4v) is 7.68. The minimum atomic E-state index is -0.791. The summed E-state index contributed by atoms with van der Waals surface area (Å²) in [7, 11) is 5.49. The second-order valence-electron chi connectivity index (χ2n) is 12.8. The SMILES string of the molecule is CC1(C)OC(C)(C)C(=CNCCNC=C2C(=O)C(C)(C)OC2(C)C)C1=O.COCCCP(CCCOC)CCCOC.[99Tc].[Cl-]. The molecule has 2 N–H and O–H groups in total. The summed E-state index contributed by atoms with van der Waals surface area (Å²) >= 11 is 0. The Morgan fingerprint density at radius 3 is 1.14 bits per heavy atom. The first kappa shape index (κ1) is 45.7. The first-order valence-electron chi connectivity index (χ1n) is 15.1. The molecule has 0 aromatic heterocycles. The minimum Gasteiger partial charge on any atom is -1.00 e. The number of carbonyl (C=O) groups is 2. The van der Waals surface area contributed by atoms with Gasteiger partial charge < -0.3 is 46.7 Å². The molecule has 0 spiro atoms. The van der Waals surface area contributed by atoms with E-state index in [4.69, 9.17) is 23.7 Å². The van der Waals surface area contributed by atoms with Crippen molar-refractivity contribution in [3.05, 3.63) is 23.5 Å². The monoisotopic (exact) mass is 748 g/mol. The fourth-order valence-electron chi connectivity index (χ4n) is 5.28. The van der Waals surface area contributed by atoms with Crippen molar-refractivity contribution in [1.29, 1.82) is 0 Å². The van der Waals surface area contributed by atoms with Crippen molar-refractivity contribution >= 4 is 19.5 Å². The van der Waals surface area contributed by atoms with E-state index in [0.29, 0.717) is 24.2 Å². The third-order valence-corrected chi connectivity index (χ3v) is 10.1. The topological polar surface area (TPSA) is 104 Å². The maximum absolute atomic E-state index is 12.4. The summed E-state index contributed by atoms with van der Waals surface area (Å²) in [4.78, 5) is 24.8. The van der Waals surface area contributed by atoms with Crippen LogP contribution >= 0.6 is 7.92 Å². The Balaban J connectivity index is 0. The molecule has 0 amide bonds. The van der Waals surface area contributed by atoms with Crippen molar-refractivity contribution in [2.75, 3.05) is 72.7 Å². The molecule has 2 heterocycles. The molecule has 2 aliphatic rings. The van der Waals surface area contributed by atoms with Crippen LogP contribution in [0.4, 0.5) is 0 Å². The molecule has 9 nitrogen and oxygen atoms in total. The van der Waals surface area contributed by atoms with Gasteiger partial charge in [-0.15, -0.1) is 7.92 Å². The van der Waals surface area contributed by atoms with Crippen LogP contribution in [0.2, 0.25) is 0 Å². The molecule has 0 unspecified atom stereocenters. The summed E-state index contributed by atoms with van der Waals surface area (Å²) in [6.45, 7) is 18.6. The van der Waals surface area contributed by atoms with Crippen molar-refractivity contribution in [1.82, 2.24) is 10.6 Å². The Kier molecular flexibility index (Phi) is 22.3. The number of halogens is 1. The van der Waals surface area contributed by atoms with Gasteiger partial charge in [0.2, 0.25) is 0 Å². The zero-order chi connectivity index (χ0) is 32.0. The molecule has 0 aromatic carbocycles. The van der Waals surface area contributed by atoms with Crippen molar-refractivity contribution in [2.45, 2.75) is 97.1 Å². The molecule has 2 aliphatic heterocycles. The Bertz CT molecular complexity index is 845.